The first kappa shape index (κ1) is 36.8. The first-order valence-corrected chi connectivity index (χ1v) is 17.9. The SMILES string of the molecule is C[C@@H]1C(OCc2ccccc2)[C@H](Oc2ccc(CCN(Cc3ccccc3)C(=O)OCc3ccccc3)cc2)OC(COCc2ccccc2)[C@@H]1O. The molecule has 2 unspecified atom stereocenters. The summed E-state index contributed by atoms with van der Waals surface area (Å²) in [6.07, 6.45) is -2.45. The van der Waals surface area contributed by atoms with Gasteiger partial charge in [-0.2, -0.15) is 0 Å². The first-order valence-electron chi connectivity index (χ1n) is 17.9. The van der Waals surface area contributed by atoms with E-state index in [4.69, 9.17) is 23.7 Å². The Morgan fingerprint density at radius 2 is 1.21 bits per heavy atom. The van der Waals surface area contributed by atoms with Gasteiger partial charge in [-0.25, -0.2) is 4.79 Å². The quantitative estimate of drug-likeness (QED) is 0.112. The summed E-state index contributed by atoms with van der Waals surface area (Å²) >= 11 is 0. The Labute approximate surface area is 306 Å². The normalized spacial score (nSPS) is 19.8. The Bertz CT molecular complexity index is 1760. The zero-order chi connectivity index (χ0) is 36.0. The van der Waals surface area contributed by atoms with Crippen molar-refractivity contribution in [2.75, 3.05) is 13.2 Å². The lowest BCUT2D eigenvalue weighted by atomic mass is 9.90. The molecule has 8 heteroatoms. The van der Waals surface area contributed by atoms with Crippen molar-refractivity contribution in [2.45, 2.75) is 64.3 Å². The highest BCUT2D eigenvalue weighted by molar-refractivity contribution is 5.67. The minimum Gasteiger partial charge on any atom is -0.462 e. The van der Waals surface area contributed by atoms with E-state index in [0.29, 0.717) is 38.5 Å². The first-order chi connectivity index (χ1) is 25.5. The highest BCUT2D eigenvalue weighted by Crippen LogP contribution is 2.31. The number of benzene rings is 5. The molecule has 1 aliphatic rings. The second kappa shape index (κ2) is 19.0. The van der Waals surface area contributed by atoms with Crippen LogP contribution in [-0.4, -0.2) is 53.9 Å². The number of amides is 1. The summed E-state index contributed by atoms with van der Waals surface area (Å²) in [5, 5.41) is 11.3. The molecule has 1 aliphatic heterocycles. The summed E-state index contributed by atoms with van der Waals surface area (Å²) in [4.78, 5) is 15.0. The third-order valence-corrected chi connectivity index (χ3v) is 9.22. The predicted molar refractivity (Wildman–Crippen MR) is 199 cm³/mol. The van der Waals surface area contributed by atoms with Gasteiger partial charge in [0, 0.05) is 19.0 Å². The van der Waals surface area contributed by atoms with Crippen LogP contribution >= 0.6 is 0 Å². The molecular formula is C44H47NO7. The minimum absolute atomic E-state index is 0.206. The van der Waals surface area contributed by atoms with Crippen molar-refractivity contribution < 1.29 is 33.6 Å². The highest BCUT2D eigenvalue weighted by Gasteiger charge is 2.45. The third kappa shape index (κ3) is 10.8. The van der Waals surface area contributed by atoms with Crippen molar-refractivity contribution >= 4 is 6.09 Å². The average molecular weight is 702 g/mol. The molecule has 6 rings (SSSR count). The van der Waals surface area contributed by atoms with Crippen LogP contribution in [0.2, 0.25) is 0 Å². The topological polar surface area (TPSA) is 86.7 Å². The zero-order valence-corrected chi connectivity index (χ0v) is 29.5. The second-order valence-electron chi connectivity index (χ2n) is 13.1. The molecule has 0 aromatic heterocycles. The molecule has 0 bridgehead atoms. The third-order valence-electron chi connectivity index (χ3n) is 9.22. The predicted octanol–water partition coefficient (Wildman–Crippen LogP) is 7.97. The van der Waals surface area contributed by atoms with Crippen molar-refractivity contribution in [1.82, 2.24) is 4.90 Å². The van der Waals surface area contributed by atoms with Crippen molar-refractivity contribution in [3.8, 4) is 5.75 Å². The molecule has 1 saturated heterocycles. The molecule has 0 saturated carbocycles. The largest absolute Gasteiger partial charge is 0.462 e. The standard InChI is InChI=1S/C44H47NO7/c1-33-41(46)40(32-48-29-36-16-8-3-9-17-36)52-43(42(33)49-30-37-18-10-4-11-19-37)51-39-24-22-34(23-25-39)26-27-45(28-35-14-6-2-7-15-35)44(47)50-31-38-20-12-5-13-21-38/h2-25,33,40-43,46H,26-32H2,1H3/t33-,40?,41+,42?,43+/m0/s1. The van der Waals surface area contributed by atoms with Crippen LogP contribution in [0, 0.1) is 5.92 Å². The van der Waals surface area contributed by atoms with Gasteiger partial charge < -0.3 is 33.7 Å². The molecular weight excluding hydrogens is 654 g/mol. The fraction of sp³-hybridized carbons (Fsp3) is 0.295. The van der Waals surface area contributed by atoms with Gasteiger partial charge in [-0.3, -0.25) is 0 Å². The summed E-state index contributed by atoms with van der Waals surface area (Å²) in [6.45, 7) is 4.06. The van der Waals surface area contributed by atoms with Gasteiger partial charge in [0.15, 0.2) is 0 Å². The lowest BCUT2D eigenvalue weighted by Crippen LogP contribution is -2.57. The van der Waals surface area contributed by atoms with Gasteiger partial charge in [-0.05, 0) is 46.4 Å². The van der Waals surface area contributed by atoms with Crippen molar-refractivity contribution in [2.24, 2.45) is 5.92 Å². The second-order valence-corrected chi connectivity index (χ2v) is 13.1. The van der Waals surface area contributed by atoms with Gasteiger partial charge in [-0.1, -0.05) is 140 Å². The molecule has 0 aliphatic carbocycles. The van der Waals surface area contributed by atoms with E-state index in [1.165, 1.54) is 0 Å². The number of hydrogen-bond donors (Lipinski definition) is 1. The van der Waals surface area contributed by atoms with Gasteiger partial charge in [0.05, 0.1) is 25.9 Å². The fourth-order valence-corrected chi connectivity index (χ4v) is 6.19. The van der Waals surface area contributed by atoms with Gasteiger partial charge in [0.25, 0.3) is 0 Å². The van der Waals surface area contributed by atoms with E-state index >= 15 is 0 Å². The van der Waals surface area contributed by atoms with Crippen LogP contribution in [0.5, 0.6) is 5.75 Å². The van der Waals surface area contributed by atoms with Gasteiger partial charge >= 0.3 is 6.09 Å². The molecule has 1 amide bonds. The Morgan fingerprint density at radius 3 is 1.81 bits per heavy atom. The number of nitrogens with zero attached hydrogens (tertiary/aromatic N) is 1. The number of rotatable bonds is 16. The van der Waals surface area contributed by atoms with E-state index in [-0.39, 0.29) is 25.2 Å². The maximum Gasteiger partial charge on any atom is 0.410 e. The molecule has 5 atom stereocenters. The highest BCUT2D eigenvalue weighted by atomic mass is 16.7. The Hall–Kier alpha value is -4.99. The Kier molecular flexibility index (Phi) is 13.5. The van der Waals surface area contributed by atoms with Crippen molar-refractivity contribution in [3.05, 3.63) is 173 Å². The molecule has 270 valence electrons. The summed E-state index contributed by atoms with van der Waals surface area (Å²) < 4.78 is 30.9. The maximum absolute atomic E-state index is 13.2. The molecule has 1 fully saturated rings. The molecule has 0 spiro atoms. The molecule has 5 aromatic rings. The van der Waals surface area contributed by atoms with Gasteiger partial charge in [0.1, 0.15) is 24.6 Å². The zero-order valence-electron chi connectivity index (χ0n) is 29.5. The van der Waals surface area contributed by atoms with E-state index in [9.17, 15) is 9.90 Å². The van der Waals surface area contributed by atoms with Crippen LogP contribution in [0.15, 0.2) is 146 Å². The van der Waals surface area contributed by atoms with Crippen LogP contribution in [0.3, 0.4) is 0 Å². The molecule has 1 N–H and O–H groups in total. The van der Waals surface area contributed by atoms with Crippen LogP contribution < -0.4 is 4.74 Å². The Balaban J connectivity index is 1.09. The lowest BCUT2D eigenvalue weighted by Gasteiger charge is -2.43. The number of carbonyl (C=O) groups is 1. The fourth-order valence-electron chi connectivity index (χ4n) is 6.19. The Morgan fingerprint density at radius 1 is 0.673 bits per heavy atom. The van der Waals surface area contributed by atoms with E-state index in [1.807, 2.05) is 153 Å². The average Bonchev–Trinajstić information content (AvgIpc) is 3.19. The van der Waals surface area contributed by atoms with E-state index < -0.39 is 24.6 Å². The number of ether oxygens (including phenoxy) is 5. The number of aliphatic hydroxyl groups excluding tert-OH is 1. The monoisotopic (exact) mass is 701 g/mol. The van der Waals surface area contributed by atoms with E-state index in [0.717, 1.165) is 27.8 Å². The maximum atomic E-state index is 13.2. The summed E-state index contributed by atoms with van der Waals surface area (Å²) in [6, 6.07) is 47.2. The molecule has 1 heterocycles. The van der Waals surface area contributed by atoms with Gasteiger partial charge in [0.2, 0.25) is 6.29 Å². The van der Waals surface area contributed by atoms with Crippen LogP contribution in [0.4, 0.5) is 4.79 Å². The van der Waals surface area contributed by atoms with Gasteiger partial charge in [-0.15, -0.1) is 0 Å². The van der Waals surface area contributed by atoms with E-state index in [1.54, 1.807) is 4.90 Å². The van der Waals surface area contributed by atoms with Crippen LogP contribution in [-0.2, 0) is 51.7 Å². The molecule has 5 aromatic carbocycles. The number of hydrogen-bond acceptors (Lipinski definition) is 7. The van der Waals surface area contributed by atoms with Crippen LogP contribution in [0.25, 0.3) is 0 Å². The smallest absolute Gasteiger partial charge is 0.410 e. The van der Waals surface area contributed by atoms with E-state index in [2.05, 4.69) is 0 Å². The molecule has 8 nitrogen and oxygen atoms in total. The molecule has 0 radical (unpaired) electrons. The number of aliphatic hydroxyl groups is 1. The summed E-state index contributed by atoms with van der Waals surface area (Å²) in [7, 11) is 0. The lowest BCUT2D eigenvalue weighted by molar-refractivity contribution is -0.276. The summed E-state index contributed by atoms with van der Waals surface area (Å²) in [5.41, 5.74) is 5.08. The molecule has 52 heavy (non-hydrogen) atoms. The number of carbonyl (C=O) groups excluding carboxylic acids is 1. The van der Waals surface area contributed by atoms with Crippen molar-refractivity contribution in [1.29, 1.82) is 0 Å². The summed E-state index contributed by atoms with van der Waals surface area (Å²) in [5.74, 6) is 0.322. The minimum atomic E-state index is -0.808. The van der Waals surface area contributed by atoms with Crippen LogP contribution in [0.1, 0.15) is 34.7 Å². The van der Waals surface area contributed by atoms with Crippen molar-refractivity contribution in [3.63, 3.8) is 0 Å².